The van der Waals surface area contributed by atoms with Crippen LogP contribution in [0.2, 0.25) is 5.22 Å². The van der Waals surface area contributed by atoms with Crippen LogP contribution in [-0.4, -0.2) is 20.6 Å². The van der Waals surface area contributed by atoms with E-state index in [1.54, 1.807) is 0 Å². The van der Waals surface area contributed by atoms with Crippen molar-refractivity contribution in [2.45, 2.75) is 6.54 Å². The van der Waals surface area contributed by atoms with Crippen molar-refractivity contribution in [1.82, 2.24) is 9.55 Å². The minimum Gasteiger partial charge on any atom is -0.480 e. The van der Waals surface area contributed by atoms with Crippen molar-refractivity contribution in [3.63, 3.8) is 0 Å². The summed E-state index contributed by atoms with van der Waals surface area (Å²) in [6.45, 7) is -0.477. The van der Waals surface area contributed by atoms with E-state index in [1.165, 1.54) is 16.7 Å². The number of carbonyl (C=O) groups is 1. The Morgan fingerprint density at radius 1 is 1.33 bits per heavy atom. The highest BCUT2D eigenvalue weighted by atomic mass is 35.5. The lowest BCUT2D eigenvalue weighted by Crippen LogP contribution is -2.10. The van der Waals surface area contributed by atoms with E-state index in [-0.39, 0.29) is 27.8 Å². The molecule has 2 heterocycles. The molecule has 0 spiro atoms. The number of halogens is 3. The van der Waals surface area contributed by atoms with Crippen LogP contribution in [0.3, 0.4) is 0 Å². The van der Waals surface area contributed by atoms with Crippen molar-refractivity contribution < 1.29 is 23.1 Å². The van der Waals surface area contributed by atoms with E-state index in [0.29, 0.717) is 0 Å². The number of aliphatic carboxylic acids is 1. The number of hydrogen-bond acceptors (Lipinski definition) is 3. The van der Waals surface area contributed by atoms with Crippen LogP contribution in [0.15, 0.2) is 28.7 Å². The molecule has 0 fully saturated rings. The molecule has 0 saturated heterocycles. The van der Waals surface area contributed by atoms with Crippen LogP contribution in [0.1, 0.15) is 0 Å². The zero-order valence-electron chi connectivity index (χ0n) is 10.3. The quantitative estimate of drug-likeness (QED) is 0.805. The van der Waals surface area contributed by atoms with Gasteiger partial charge in [0.25, 0.3) is 0 Å². The van der Waals surface area contributed by atoms with Crippen LogP contribution in [0.5, 0.6) is 0 Å². The molecule has 21 heavy (non-hydrogen) atoms. The zero-order valence-corrected chi connectivity index (χ0v) is 11.1. The predicted molar refractivity (Wildman–Crippen MR) is 70.0 cm³/mol. The summed E-state index contributed by atoms with van der Waals surface area (Å²) >= 11 is 5.68. The molecule has 5 nitrogen and oxygen atoms in total. The fourth-order valence-corrected chi connectivity index (χ4v) is 2.18. The minimum atomic E-state index is -1.15. The first-order chi connectivity index (χ1) is 9.95. The fourth-order valence-electron chi connectivity index (χ4n) is 2.04. The number of carboxylic acid groups (broad SMARTS) is 1. The predicted octanol–water partition coefficient (Wildman–Crippen LogP) is 3.31. The minimum absolute atomic E-state index is 0.0938. The molecule has 2 aromatic heterocycles. The van der Waals surface area contributed by atoms with Gasteiger partial charge in [-0.05, 0) is 23.7 Å². The maximum absolute atomic E-state index is 13.4. The molecule has 0 bridgehead atoms. The van der Waals surface area contributed by atoms with Gasteiger partial charge in [0, 0.05) is 12.1 Å². The molecule has 0 amide bonds. The molecule has 108 valence electrons. The van der Waals surface area contributed by atoms with Gasteiger partial charge in [0.2, 0.25) is 0 Å². The molecule has 0 aliphatic rings. The fraction of sp³-hybridized carbons (Fsp3) is 0.0769. The standard InChI is InChI=1S/C13H7ClF2N2O3/c14-11-2-1-10(21-11)13-17-8-3-6(15)7(16)4-9(8)18(13)5-12(19)20/h1-4H,5H2,(H,19,20). The Hall–Kier alpha value is -2.41. The second-order valence-electron chi connectivity index (χ2n) is 4.27. The van der Waals surface area contributed by atoms with Gasteiger partial charge in [0.15, 0.2) is 28.4 Å². The number of hydrogen-bond donors (Lipinski definition) is 1. The van der Waals surface area contributed by atoms with Crippen LogP contribution < -0.4 is 0 Å². The van der Waals surface area contributed by atoms with E-state index in [4.69, 9.17) is 21.1 Å². The smallest absolute Gasteiger partial charge is 0.323 e. The first-order valence-electron chi connectivity index (χ1n) is 5.78. The van der Waals surface area contributed by atoms with Gasteiger partial charge in [-0.15, -0.1) is 0 Å². The largest absolute Gasteiger partial charge is 0.480 e. The second kappa shape index (κ2) is 4.85. The Bertz CT molecular complexity index is 857. The first kappa shape index (κ1) is 13.6. The summed E-state index contributed by atoms with van der Waals surface area (Å²) in [4.78, 5) is 15.1. The lowest BCUT2D eigenvalue weighted by molar-refractivity contribution is -0.137. The van der Waals surface area contributed by atoms with Crippen LogP contribution in [0.25, 0.3) is 22.6 Å². The Kier molecular flexibility index (Phi) is 3.13. The molecule has 0 aliphatic heterocycles. The van der Waals surface area contributed by atoms with Crippen LogP contribution in [0, 0.1) is 11.6 Å². The number of imidazole rings is 1. The maximum Gasteiger partial charge on any atom is 0.323 e. The van der Waals surface area contributed by atoms with Crippen molar-refractivity contribution in [2.24, 2.45) is 0 Å². The van der Waals surface area contributed by atoms with E-state index in [1.807, 2.05) is 0 Å². The Labute approximate surface area is 121 Å². The molecular weight excluding hydrogens is 306 g/mol. The number of carboxylic acids is 1. The molecule has 3 rings (SSSR count). The molecule has 3 aromatic rings. The number of nitrogens with zero attached hydrogens (tertiary/aromatic N) is 2. The monoisotopic (exact) mass is 312 g/mol. The third-order valence-electron chi connectivity index (χ3n) is 2.88. The molecule has 1 aromatic carbocycles. The zero-order chi connectivity index (χ0) is 15.1. The first-order valence-corrected chi connectivity index (χ1v) is 6.16. The van der Waals surface area contributed by atoms with Crippen molar-refractivity contribution in [3.05, 3.63) is 41.1 Å². The molecule has 0 saturated carbocycles. The molecule has 8 heteroatoms. The lowest BCUT2D eigenvalue weighted by Gasteiger charge is -2.04. The van der Waals surface area contributed by atoms with E-state index < -0.39 is 24.1 Å². The average Bonchev–Trinajstić information content (AvgIpc) is 2.95. The topological polar surface area (TPSA) is 68.3 Å². The Balaban J connectivity index is 2.29. The summed E-state index contributed by atoms with van der Waals surface area (Å²) in [6.07, 6.45) is 0. The lowest BCUT2D eigenvalue weighted by atomic mass is 10.3. The summed E-state index contributed by atoms with van der Waals surface area (Å²) in [5.74, 6) is -2.97. The third kappa shape index (κ3) is 2.36. The molecule has 0 unspecified atom stereocenters. The Morgan fingerprint density at radius 3 is 2.67 bits per heavy atom. The van der Waals surface area contributed by atoms with Gasteiger partial charge in [-0.25, -0.2) is 13.8 Å². The van der Waals surface area contributed by atoms with Gasteiger partial charge in [0.05, 0.1) is 11.0 Å². The van der Waals surface area contributed by atoms with E-state index in [2.05, 4.69) is 4.98 Å². The SMILES string of the molecule is O=C(O)Cn1c(-c2ccc(Cl)o2)nc2cc(F)c(F)cc21. The highest BCUT2D eigenvalue weighted by Gasteiger charge is 2.19. The van der Waals surface area contributed by atoms with E-state index >= 15 is 0 Å². The maximum atomic E-state index is 13.4. The third-order valence-corrected chi connectivity index (χ3v) is 3.08. The van der Waals surface area contributed by atoms with Crippen molar-refractivity contribution in [2.75, 3.05) is 0 Å². The Morgan fingerprint density at radius 2 is 2.05 bits per heavy atom. The molecule has 1 N–H and O–H groups in total. The number of rotatable bonds is 3. The van der Waals surface area contributed by atoms with Gasteiger partial charge >= 0.3 is 5.97 Å². The number of benzene rings is 1. The van der Waals surface area contributed by atoms with Gasteiger partial charge < -0.3 is 14.1 Å². The summed E-state index contributed by atoms with van der Waals surface area (Å²) in [6, 6.07) is 4.75. The summed E-state index contributed by atoms with van der Waals surface area (Å²) in [5.41, 5.74) is 0.275. The van der Waals surface area contributed by atoms with Gasteiger partial charge in [-0.2, -0.15) is 0 Å². The average molecular weight is 313 g/mol. The van der Waals surface area contributed by atoms with E-state index in [0.717, 1.165) is 12.1 Å². The molecule has 0 radical (unpaired) electrons. The van der Waals surface area contributed by atoms with Crippen molar-refractivity contribution in [3.8, 4) is 11.6 Å². The van der Waals surface area contributed by atoms with Crippen LogP contribution in [-0.2, 0) is 11.3 Å². The van der Waals surface area contributed by atoms with Gasteiger partial charge in [-0.1, -0.05) is 0 Å². The van der Waals surface area contributed by atoms with Crippen LogP contribution in [0.4, 0.5) is 8.78 Å². The number of fused-ring (bicyclic) bond motifs is 1. The molecule has 0 aliphatic carbocycles. The van der Waals surface area contributed by atoms with Crippen molar-refractivity contribution in [1.29, 1.82) is 0 Å². The number of furan rings is 1. The van der Waals surface area contributed by atoms with Gasteiger partial charge in [-0.3, -0.25) is 4.79 Å². The van der Waals surface area contributed by atoms with Gasteiger partial charge in [0.1, 0.15) is 6.54 Å². The summed E-state index contributed by atoms with van der Waals surface area (Å²) < 4.78 is 33.0. The highest BCUT2D eigenvalue weighted by Crippen LogP contribution is 2.29. The van der Waals surface area contributed by atoms with E-state index in [9.17, 15) is 13.6 Å². The summed E-state index contributed by atoms with van der Waals surface area (Å²) in [5, 5.41) is 9.07. The molecular formula is C13H7ClF2N2O3. The van der Waals surface area contributed by atoms with Crippen molar-refractivity contribution >= 4 is 28.6 Å². The normalized spacial score (nSPS) is 11.2. The highest BCUT2D eigenvalue weighted by molar-refractivity contribution is 6.28. The number of aromatic nitrogens is 2. The summed E-state index contributed by atoms with van der Waals surface area (Å²) in [7, 11) is 0. The van der Waals surface area contributed by atoms with Crippen LogP contribution >= 0.6 is 11.6 Å². The second-order valence-corrected chi connectivity index (χ2v) is 4.65. The molecule has 0 atom stereocenters.